The average Bonchev–Trinajstić information content (AvgIpc) is 3.00. The average molecular weight is 917 g/mol. The lowest BCUT2D eigenvalue weighted by Gasteiger charge is -2.47. The van der Waals surface area contributed by atoms with Gasteiger partial charge in [-0.15, -0.1) is 0 Å². The van der Waals surface area contributed by atoms with E-state index in [1.54, 1.807) is 34.6 Å². The summed E-state index contributed by atoms with van der Waals surface area (Å²) in [4.78, 5) is 37.5. The van der Waals surface area contributed by atoms with Crippen molar-refractivity contribution in [1.82, 2.24) is 10.6 Å². The monoisotopic (exact) mass is 916 g/mol. The molecule has 0 spiro atoms. The first-order chi connectivity index (χ1) is 25.8. The summed E-state index contributed by atoms with van der Waals surface area (Å²) < 4.78 is 242. The van der Waals surface area contributed by atoms with E-state index >= 15 is 0 Å². The zero-order valence-electron chi connectivity index (χ0n) is 32.8. The zero-order valence-corrected chi connectivity index (χ0v) is 33.6. The number of alkyl halides is 17. The molecule has 1 aliphatic carbocycles. The minimum Gasteiger partial charge on any atom is -0.456 e. The summed E-state index contributed by atoms with van der Waals surface area (Å²) in [5.41, 5.74) is -3.62. The summed E-state index contributed by atoms with van der Waals surface area (Å²) in [5.74, 6) is -59.9. The van der Waals surface area contributed by atoms with E-state index in [2.05, 4.69) is 17.2 Å². The van der Waals surface area contributed by atoms with E-state index in [0.29, 0.717) is 6.42 Å². The van der Waals surface area contributed by atoms with Crippen molar-refractivity contribution in [3.63, 3.8) is 0 Å². The Labute approximate surface area is 332 Å². The fourth-order valence-corrected chi connectivity index (χ4v) is 7.01. The summed E-state index contributed by atoms with van der Waals surface area (Å²) in [6.07, 6.45) is -9.70. The molecule has 59 heavy (non-hydrogen) atoms. The third-order valence-corrected chi connectivity index (χ3v) is 10.1. The van der Waals surface area contributed by atoms with Gasteiger partial charge in [0, 0.05) is 36.8 Å². The van der Waals surface area contributed by atoms with Crippen LogP contribution in [0.3, 0.4) is 0 Å². The fourth-order valence-electron chi connectivity index (χ4n) is 6.22. The number of halogens is 17. The van der Waals surface area contributed by atoms with Gasteiger partial charge in [0.05, 0.1) is 6.61 Å². The normalized spacial score (nSPS) is 20.5. The van der Waals surface area contributed by atoms with Gasteiger partial charge < -0.3 is 20.1 Å². The summed E-state index contributed by atoms with van der Waals surface area (Å²) in [6.45, 7) is 16.3. The van der Waals surface area contributed by atoms with Crippen molar-refractivity contribution in [3.05, 3.63) is 12.2 Å². The SMILES string of the molecule is C=C(C)C(=O)OC(C)(C)CCOC(C)(C)C(=O)NCC1(C)CC(NC(=O)SCCC(F)(F)C(F)(F)C(F)(F)C(F)(F)C(F)(F)C(F)(F)C(F)(F)C(F)(F)F)CC(C)(C)C1. The molecule has 1 fully saturated rings. The Balaban J connectivity index is 3.00. The van der Waals surface area contributed by atoms with Crippen LogP contribution in [-0.4, -0.2) is 101 Å². The highest BCUT2D eigenvalue weighted by Crippen LogP contribution is 2.64. The van der Waals surface area contributed by atoms with Crippen molar-refractivity contribution in [1.29, 1.82) is 0 Å². The van der Waals surface area contributed by atoms with Crippen LogP contribution in [0.1, 0.15) is 87.5 Å². The van der Waals surface area contributed by atoms with E-state index in [0.717, 1.165) is 0 Å². The molecule has 1 aliphatic rings. The molecule has 0 saturated heterocycles. The Bertz CT molecular complexity index is 1550. The lowest BCUT2D eigenvalue weighted by Crippen LogP contribution is -2.74. The molecule has 0 aromatic carbocycles. The first-order valence-electron chi connectivity index (χ1n) is 17.3. The van der Waals surface area contributed by atoms with Crippen LogP contribution >= 0.6 is 11.8 Å². The molecule has 0 radical (unpaired) electrons. The van der Waals surface area contributed by atoms with E-state index in [4.69, 9.17) is 9.47 Å². The van der Waals surface area contributed by atoms with Crippen LogP contribution in [0.5, 0.6) is 0 Å². The summed E-state index contributed by atoms with van der Waals surface area (Å²) in [7, 11) is 0. The van der Waals surface area contributed by atoms with Gasteiger partial charge in [-0.2, -0.15) is 74.6 Å². The second kappa shape index (κ2) is 17.2. The zero-order chi connectivity index (χ0) is 47.1. The van der Waals surface area contributed by atoms with Crippen molar-refractivity contribution < 1.29 is 98.5 Å². The van der Waals surface area contributed by atoms with Crippen molar-refractivity contribution in [2.24, 2.45) is 10.8 Å². The predicted octanol–water partition coefficient (Wildman–Crippen LogP) is 10.6. The van der Waals surface area contributed by atoms with Gasteiger partial charge in [0.25, 0.3) is 11.1 Å². The molecule has 2 amide bonds. The van der Waals surface area contributed by atoms with Crippen LogP contribution in [0.2, 0.25) is 0 Å². The largest absolute Gasteiger partial charge is 0.460 e. The molecule has 0 heterocycles. The number of amides is 2. The number of ether oxygens (including phenoxy) is 2. The quantitative estimate of drug-likeness (QED) is 0.0762. The molecule has 2 unspecified atom stereocenters. The van der Waals surface area contributed by atoms with Crippen LogP contribution in [0.4, 0.5) is 79.4 Å². The molecule has 0 bridgehead atoms. The van der Waals surface area contributed by atoms with E-state index in [1.165, 1.54) is 20.8 Å². The van der Waals surface area contributed by atoms with E-state index in [9.17, 15) is 89.0 Å². The standard InChI is InChI=1S/C34H45F17N2O5S/c1-18(2)20(54)58-24(5,6)10-12-57-25(7,8)21(55)52-17-26(9)15-19(14-23(3,4)16-26)53-22(56)59-13-11-27(35,36)28(37,38)29(39,40)30(41,42)31(43,44)32(45,46)33(47,48)34(49,50)51/h19H,1,10-17H2,2-9H3,(H,52,55)(H,53,56). The van der Waals surface area contributed by atoms with Crippen LogP contribution in [0.15, 0.2) is 12.2 Å². The minimum atomic E-state index is -8.72. The third kappa shape index (κ3) is 11.6. The molecule has 2 atom stereocenters. The van der Waals surface area contributed by atoms with Crippen LogP contribution in [-0.2, 0) is 19.1 Å². The number of esters is 1. The first-order valence-corrected chi connectivity index (χ1v) is 18.2. The Kier molecular flexibility index (Phi) is 15.8. The Morgan fingerprint density at radius 3 is 1.63 bits per heavy atom. The van der Waals surface area contributed by atoms with E-state index in [-0.39, 0.29) is 49.7 Å². The maximum Gasteiger partial charge on any atom is 0.460 e. The van der Waals surface area contributed by atoms with Crippen molar-refractivity contribution in [2.45, 2.75) is 152 Å². The van der Waals surface area contributed by atoms with Crippen LogP contribution < -0.4 is 10.6 Å². The number of nitrogens with one attached hydrogen (secondary N) is 2. The highest BCUT2D eigenvalue weighted by molar-refractivity contribution is 8.13. The molecule has 0 aromatic heterocycles. The number of rotatable bonds is 19. The summed E-state index contributed by atoms with van der Waals surface area (Å²) >= 11 is -0.324. The number of carbonyl (C=O) groups is 3. The Morgan fingerprint density at radius 1 is 0.712 bits per heavy atom. The number of hydrogen-bond acceptors (Lipinski definition) is 6. The van der Waals surface area contributed by atoms with Gasteiger partial charge in [0.2, 0.25) is 0 Å². The van der Waals surface area contributed by atoms with Gasteiger partial charge in [-0.1, -0.05) is 39.1 Å². The van der Waals surface area contributed by atoms with Gasteiger partial charge in [-0.05, 0) is 64.7 Å². The number of carbonyl (C=O) groups excluding carboxylic acids is 3. The van der Waals surface area contributed by atoms with Crippen molar-refractivity contribution in [2.75, 3.05) is 18.9 Å². The Hall–Kier alpha value is -2.73. The molecular weight excluding hydrogens is 871 g/mol. The van der Waals surface area contributed by atoms with Gasteiger partial charge in [-0.25, -0.2) is 4.79 Å². The van der Waals surface area contributed by atoms with E-state index < -0.39 is 105 Å². The van der Waals surface area contributed by atoms with Crippen molar-refractivity contribution in [3.8, 4) is 0 Å². The topological polar surface area (TPSA) is 93.7 Å². The molecule has 25 heteroatoms. The number of thioether (sulfide) groups is 1. The Morgan fingerprint density at radius 2 is 1.17 bits per heavy atom. The third-order valence-electron chi connectivity index (χ3n) is 9.31. The molecule has 346 valence electrons. The van der Waals surface area contributed by atoms with E-state index in [1.807, 2.05) is 0 Å². The molecule has 7 nitrogen and oxygen atoms in total. The molecular formula is C34H45F17N2O5S. The van der Waals surface area contributed by atoms with Crippen LogP contribution in [0, 0.1) is 10.8 Å². The lowest BCUT2D eigenvalue weighted by atomic mass is 9.62. The maximum absolute atomic E-state index is 14.3. The second-order valence-electron chi connectivity index (χ2n) is 16.7. The fraction of sp³-hybridized carbons (Fsp3) is 0.853. The van der Waals surface area contributed by atoms with Crippen LogP contribution in [0.25, 0.3) is 0 Å². The summed E-state index contributed by atoms with van der Waals surface area (Å²) in [6, 6.07) is -0.835. The van der Waals surface area contributed by atoms with Gasteiger partial charge in [0.15, 0.2) is 0 Å². The first kappa shape index (κ1) is 54.3. The smallest absolute Gasteiger partial charge is 0.456 e. The summed E-state index contributed by atoms with van der Waals surface area (Å²) in [5, 5.41) is 3.80. The molecule has 2 N–H and O–H groups in total. The lowest BCUT2D eigenvalue weighted by molar-refractivity contribution is -0.461. The number of hydrogen-bond donors (Lipinski definition) is 2. The highest BCUT2D eigenvalue weighted by Gasteiger charge is 2.95. The molecule has 0 aromatic rings. The highest BCUT2D eigenvalue weighted by atomic mass is 32.2. The maximum atomic E-state index is 14.3. The molecule has 1 rings (SSSR count). The van der Waals surface area contributed by atoms with Gasteiger partial charge in [0.1, 0.15) is 11.2 Å². The predicted molar refractivity (Wildman–Crippen MR) is 178 cm³/mol. The molecule has 1 saturated carbocycles. The van der Waals surface area contributed by atoms with Crippen molar-refractivity contribution >= 4 is 28.9 Å². The van der Waals surface area contributed by atoms with Gasteiger partial charge >= 0.3 is 53.6 Å². The minimum absolute atomic E-state index is 0.0207. The van der Waals surface area contributed by atoms with Gasteiger partial charge in [-0.3, -0.25) is 9.59 Å². The second-order valence-corrected chi connectivity index (χ2v) is 17.7. The molecule has 0 aliphatic heterocycles.